The van der Waals surface area contributed by atoms with Crippen molar-refractivity contribution in [3.63, 3.8) is 0 Å². The molecule has 27 heavy (non-hydrogen) atoms. The Bertz CT molecular complexity index is 794. The number of hydrogen-bond donors (Lipinski definition) is 1. The predicted octanol–water partition coefficient (Wildman–Crippen LogP) is 4.65. The normalized spacial score (nSPS) is 17.9. The van der Waals surface area contributed by atoms with Gasteiger partial charge >= 0.3 is 0 Å². The number of amides is 1. The number of aromatic nitrogens is 2. The molecule has 2 aliphatic rings. The second kappa shape index (κ2) is 7.58. The Morgan fingerprint density at radius 3 is 2.70 bits per heavy atom. The highest BCUT2D eigenvalue weighted by Gasteiger charge is 2.29. The fraction of sp³-hybridized carbons (Fsp3) is 0.571. The van der Waals surface area contributed by atoms with E-state index in [9.17, 15) is 4.79 Å². The molecular weight excluding hydrogens is 358 g/mol. The van der Waals surface area contributed by atoms with Crippen LogP contribution in [0.5, 0.6) is 5.88 Å². The SMILES string of the molecule is CC(C)(NC(=O)c1ccc(C2CCCC2)c(OCC2CC2)n1)c1nccs1. The molecule has 0 aromatic carbocycles. The monoisotopic (exact) mass is 385 g/mol. The Morgan fingerprint density at radius 1 is 1.26 bits per heavy atom. The van der Waals surface area contributed by atoms with Crippen molar-refractivity contribution in [3.8, 4) is 5.88 Å². The number of carbonyl (C=O) groups excluding carboxylic acids is 1. The molecule has 1 amide bonds. The molecule has 0 atom stereocenters. The van der Waals surface area contributed by atoms with E-state index in [4.69, 9.17) is 4.74 Å². The van der Waals surface area contributed by atoms with Crippen LogP contribution in [0.3, 0.4) is 0 Å². The molecule has 2 saturated carbocycles. The van der Waals surface area contributed by atoms with Crippen LogP contribution in [0.1, 0.15) is 79.3 Å². The molecule has 2 aromatic rings. The maximum Gasteiger partial charge on any atom is 0.270 e. The third-order valence-electron chi connectivity index (χ3n) is 5.46. The van der Waals surface area contributed by atoms with Crippen LogP contribution < -0.4 is 10.1 Å². The topological polar surface area (TPSA) is 64.1 Å². The lowest BCUT2D eigenvalue weighted by atomic mass is 9.98. The van der Waals surface area contributed by atoms with Gasteiger partial charge in [-0.15, -0.1) is 11.3 Å². The van der Waals surface area contributed by atoms with Gasteiger partial charge in [0, 0.05) is 17.1 Å². The summed E-state index contributed by atoms with van der Waals surface area (Å²) in [5.74, 6) is 1.64. The van der Waals surface area contributed by atoms with Crippen LogP contribution in [0.2, 0.25) is 0 Å². The second-order valence-electron chi connectivity index (χ2n) is 8.24. The van der Waals surface area contributed by atoms with Crippen LogP contribution in [0.25, 0.3) is 0 Å². The highest BCUT2D eigenvalue weighted by molar-refractivity contribution is 7.09. The van der Waals surface area contributed by atoms with Gasteiger partial charge in [-0.2, -0.15) is 0 Å². The Labute approximate surface area is 164 Å². The average molecular weight is 386 g/mol. The summed E-state index contributed by atoms with van der Waals surface area (Å²) in [7, 11) is 0. The zero-order valence-electron chi connectivity index (χ0n) is 16.0. The van der Waals surface area contributed by atoms with Gasteiger partial charge in [0.15, 0.2) is 0 Å². The molecule has 0 radical (unpaired) electrons. The van der Waals surface area contributed by atoms with Crippen LogP contribution in [0, 0.1) is 5.92 Å². The average Bonchev–Trinajstić information content (AvgIpc) is 3.12. The molecule has 2 aromatic heterocycles. The van der Waals surface area contributed by atoms with E-state index in [-0.39, 0.29) is 5.91 Å². The zero-order chi connectivity index (χ0) is 18.9. The van der Waals surface area contributed by atoms with Crippen LogP contribution in [-0.2, 0) is 5.54 Å². The summed E-state index contributed by atoms with van der Waals surface area (Å²) < 4.78 is 6.07. The Morgan fingerprint density at radius 2 is 2.04 bits per heavy atom. The number of pyridine rings is 1. The summed E-state index contributed by atoms with van der Waals surface area (Å²) in [6, 6.07) is 3.89. The number of rotatable bonds is 7. The van der Waals surface area contributed by atoms with Crippen LogP contribution in [-0.4, -0.2) is 22.5 Å². The molecule has 144 valence electrons. The van der Waals surface area contributed by atoms with Gasteiger partial charge in [-0.25, -0.2) is 9.97 Å². The third kappa shape index (κ3) is 4.32. The van der Waals surface area contributed by atoms with Crippen molar-refractivity contribution in [2.75, 3.05) is 6.61 Å². The van der Waals surface area contributed by atoms with Crippen LogP contribution in [0.15, 0.2) is 23.7 Å². The minimum absolute atomic E-state index is 0.190. The summed E-state index contributed by atoms with van der Waals surface area (Å²) in [6.07, 6.45) is 9.12. The van der Waals surface area contributed by atoms with Gasteiger partial charge < -0.3 is 10.1 Å². The van der Waals surface area contributed by atoms with Crippen molar-refractivity contribution in [1.82, 2.24) is 15.3 Å². The molecule has 2 aliphatic carbocycles. The summed E-state index contributed by atoms with van der Waals surface area (Å²) in [4.78, 5) is 21.8. The molecule has 0 bridgehead atoms. The first kappa shape index (κ1) is 18.4. The summed E-state index contributed by atoms with van der Waals surface area (Å²) in [6.45, 7) is 4.63. The summed E-state index contributed by atoms with van der Waals surface area (Å²) in [5.41, 5.74) is 1.04. The van der Waals surface area contributed by atoms with E-state index in [0.29, 0.717) is 30.0 Å². The molecule has 4 rings (SSSR count). The Balaban J connectivity index is 1.54. The molecule has 0 spiro atoms. The molecule has 0 aliphatic heterocycles. The summed E-state index contributed by atoms with van der Waals surface area (Å²) in [5, 5.41) is 5.86. The van der Waals surface area contributed by atoms with Crippen LogP contribution in [0.4, 0.5) is 0 Å². The minimum atomic E-state index is -0.536. The van der Waals surface area contributed by atoms with E-state index in [1.54, 1.807) is 6.20 Å². The molecular formula is C21H27N3O2S. The highest BCUT2D eigenvalue weighted by Crippen LogP contribution is 2.39. The van der Waals surface area contributed by atoms with Gasteiger partial charge in [-0.1, -0.05) is 18.9 Å². The third-order valence-corrected chi connectivity index (χ3v) is 6.56. The van der Waals surface area contributed by atoms with Crippen molar-refractivity contribution in [1.29, 1.82) is 0 Å². The van der Waals surface area contributed by atoms with Gasteiger partial charge in [0.05, 0.1) is 12.1 Å². The van der Waals surface area contributed by atoms with Crippen LogP contribution >= 0.6 is 11.3 Å². The number of nitrogens with zero attached hydrogens (tertiary/aromatic N) is 2. The lowest BCUT2D eigenvalue weighted by Gasteiger charge is -2.24. The predicted molar refractivity (Wildman–Crippen MR) is 106 cm³/mol. The van der Waals surface area contributed by atoms with E-state index < -0.39 is 5.54 Å². The lowest BCUT2D eigenvalue weighted by molar-refractivity contribution is 0.0905. The molecule has 5 nitrogen and oxygen atoms in total. The lowest BCUT2D eigenvalue weighted by Crippen LogP contribution is -2.41. The summed E-state index contributed by atoms with van der Waals surface area (Å²) >= 11 is 1.54. The maximum absolute atomic E-state index is 12.8. The van der Waals surface area contributed by atoms with Gasteiger partial charge in [-0.05, 0) is 57.4 Å². The largest absolute Gasteiger partial charge is 0.477 e. The minimum Gasteiger partial charge on any atom is -0.477 e. The Hall–Kier alpha value is -1.95. The fourth-order valence-electron chi connectivity index (χ4n) is 3.66. The van der Waals surface area contributed by atoms with Crippen molar-refractivity contribution >= 4 is 17.2 Å². The standard InChI is InChI=1S/C21H27N3O2S/c1-21(2,20-22-11-12-27-20)24-18(25)17-10-9-16(15-5-3-4-6-15)19(23-17)26-13-14-7-8-14/h9-12,14-15H,3-8,13H2,1-2H3,(H,24,25). The smallest absolute Gasteiger partial charge is 0.270 e. The first-order chi connectivity index (χ1) is 13.0. The van der Waals surface area contributed by atoms with E-state index in [1.165, 1.54) is 55.4 Å². The first-order valence-electron chi connectivity index (χ1n) is 9.89. The zero-order valence-corrected chi connectivity index (χ0v) is 16.8. The quantitative estimate of drug-likeness (QED) is 0.753. The highest BCUT2D eigenvalue weighted by atomic mass is 32.1. The number of ether oxygens (including phenoxy) is 1. The van der Waals surface area contributed by atoms with Gasteiger partial charge in [-0.3, -0.25) is 4.79 Å². The number of nitrogens with one attached hydrogen (secondary N) is 1. The van der Waals surface area contributed by atoms with Crippen molar-refractivity contribution < 1.29 is 9.53 Å². The molecule has 0 unspecified atom stereocenters. The maximum atomic E-state index is 12.8. The Kier molecular flexibility index (Phi) is 5.17. The molecule has 6 heteroatoms. The number of carbonyl (C=O) groups is 1. The van der Waals surface area contributed by atoms with Gasteiger partial charge in [0.2, 0.25) is 5.88 Å². The number of hydrogen-bond acceptors (Lipinski definition) is 5. The van der Waals surface area contributed by atoms with Gasteiger partial charge in [0.1, 0.15) is 10.7 Å². The molecule has 2 heterocycles. The molecule has 2 fully saturated rings. The van der Waals surface area contributed by atoms with E-state index in [2.05, 4.69) is 21.4 Å². The van der Waals surface area contributed by atoms with Gasteiger partial charge in [0.25, 0.3) is 5.91 Å². The van der Waals surface area contributed by atoms with Crippen molar-refractivity contribution in [3.05, 3.63) is 40.0 Å². The fourth-order valence-corrected chi connectivity index (χ4v) is 4.37. The second-order valence-corrected chi connectivity index (χ2v) is 9.14. The number of thiazole rings is 1. The molecule has 0 saturated heterocycles. The van der Waals surface area contributed by atoms with E-state index in [0.717, 1.165) is 5.01 Å². The first-order valence-corrected chi connectivity index (χ1v) is 10.8. The van der Waals surface area contributed by atoms with E-state index >= 15 is 0 Å². The van der Waals surface area contributed by atoms with E-state index in [1.807, 2.05) is 25.3 Å². The molecule has 1 N–H and O–H groups in total. The van der Waals surface area contributed by atoms with Crippen molar-refractivity contribution in [2.45, 2.75) is 63.8 Å². The van der Waals surface area contributed by atoms with Crippen molar-refractivity contribution in [2.24, 2.45) is 5.92 Å².